The average Bonchev–Trinajstić information content (AvgIpc) is 3.06. The Balaban J connectivity index is 1.96. The van der Waals surface area contributed by atoms with Crippen LogP contribution in [0.15, 0.2) is 6.20 Å². The Morgan fingerprint density at radius 3 is 2.82 bits per heavy atom. The first-order chi connectivity index (χ1) is 10.3. The van der Waals surface area contributed by atoms with Gasteiger partial charge in [0, 0.05) is 13.1 Å². The molecule has 1 saturated heterocycles. The van der Waals surface area contributed by atoms with Crippen LogP contribution in [0, 0.1) is 0 Å². The highest BCUT2D eigenvalue weighted by molar-refractivity contribution is 6.17. The fourth-order valence-electron chi connectivity index (χ4n) is 2.12. The summed E-state index contributed by atoms with van der Waals surface area (Å²) in [5.74, 6) is -0.622. The minimum Gasteiger partial charge on any atom is -0.445 e. The van der Waals surface area contributed by atoms with E-state index in [0.29, 0.717) is 19.5 Å². The minimum absolute atomic E-state index is 0.0439. The van der Waals surface area contributed by atoms with Crippen LogP contribution in [0.1, 0.15) is 43.7 Å². The number of hydrogen-bond acceptors (Lipinski definition) is 6. The van der Waals surface area contributed by atoms with Crippen LogP contribution < -0.4 is 0 Å². The maximum Gasteiger partial charge on any atom is 0.410 e. The largest absolute Gasteiger partial charge is 0.445 e. The smallest absolute Gasteiger partial charge is 0.410 e. The van der Waals surface area contributed by atoms with Gasteiger partial charge in [0.05, 0.1) is 12.2 Å². The minimum atomic E-state index is -0.622. The zero-order valence-electron chi connectivity index (χ0n) is 12.8. The van der Waals surface area contributed by atoms with Crippen molar-refractivity contribution in [3.05, 3.63) is 11.9 Å². The number of carbonyl (C=O) groups is 2. The third kappa shape index (κ3) is 4.09. The van der Waals surface area contributed by atoms with Crippen molar-refractivity contribution in [1.29, 1.82) is 0 Å². The summed E-state index contributed by atoms with van der Waals surface area (Å²) in [6, 6.07) is -0.278. The van der Waals surface area contributed by atoms with Crippen LogP contribution in [-0.4, -0.2) is 56.7 Å². The molecule has 122 valence electrons. The molecule has 0 bridgehead atoms. The van der Waals surface area contributed by atoms with Gasteiger partial charge in [-0.2, -0.15) is 0 Å². The van der Waals surface area contributed by atoms with Crippen molar-refractivity contribution in [1.82, 2.24) is 19.9 Å². The molecule has 9 heteroatoms. The van der Waals surface area contributed by atoms with Crippen LogP contribution in [0.3, 0.4) is 0 Å². The number of rotatable bonds is 3. The van der Waals surface area contributed by atoms with E-state index in [1.165, 1.54) is 6.20 Å². The fraction of sp³-hybridized carbons (Fsp3) is 0.692. The summed E-state index contributed by atoms with van der Waals surface area (Å²) < 4.78 is 11.5. The molecule has 1 fully saturated rings. The molecule has 1 aromatic heterocycles. The van der Waals surface area contributed by atoms with Gasteiger partial charge in [0.25, 0.3) is 0 Å². The Labute approximate surface area is 133 Å². The summed E-state index contributed by atoms with van der Waals surface area (Å²) in [5.41, 5.74) is -0.433. The second-order valence-corrected chi connectivity index (χ2v) is 6.21. The first kappa shape index (κ1) is 16.5. The van der Waals surface area contributed by atoms with Crippen molar-refractivity contribution in [2.24, 2.45) is 0 Å². The lowest BCUT2D eigenvalue weighted by atomic mass is 10.2. The fourth-order valence-corrected chi connectivity index (χ4v) is 2.22. The molecule has 1 atom stereocenters. The van der Waals surface area contributed by atoms with E-state index in [9.17, 15) is 9.59 Å². The number of alkyl halides is 1. The highest BCUT2D eigenvalue weighted by Gasteiger charge is 2.31. The standard InChI is InChI=1S/C13H19ClN4O4/c1-13(2,3)22-12(20)17-5-4-9(6-17)18-7-10(15-16-18)11(19)21-8-14/h7,9H,4-6,8H2,1-3H3. The molecular weight excluding hydrogens is 312 g/mol. The highest BCUT2D eigenvalue weighted by Crippen LogP contribution is 2.23. The molecule has 1 aliphatic heterocycles. The zero-order valence-corrected chi connectivity index (χ0v) is 13.5. The van der Waals surface area contributed by atoms with Crippen LogP contribution in [0.25, 0.3) is 0 Å². The van der Waals surface area contributed by atoms with Gasteiger partial charge in [-0.05, 0) is 27.2 Å². The molecule has 0 aromatic carbocycles. The predicted molar refractivity (Wildman–Crippen MR) is 77.6 cm³/mol. The maximum absolute atomic E-state index is 12.0. The monoisotopic (exact) mass is 330 g/mol. The van der Waals surface area contributed by atoms with E-state index in [2.05, 4.69) is 15.0 Å². The molecule has 1 unspecified atom stereocenters. The molecule has 0 radical (unpaired) electrons. The van der Waals surface area contributed by atoms with E-state index in [4.69, 9.17) is 16.3 Å². The van der Waals surface area contributed by atoms with Crippen LogP contribution in [0.4, 0.5) is 4.79 Å². The van der Waals surface area contributed by atoms with E-state index in [0.717, 1.165) is 0 Å². The summed E-state index contributed by atoms with van der Waals surface area (Å²) in [5, 5.41) is 7.67. The normalized spacial score (nSPS) is 18.4. The Bertz CT molecular complexity index is 554. The Morgan fingerprint density at radius 1 is 1.45 bits per heavy atom. The van der Waals surface area contributed by atoms with Gasteiger partial charge in [-0.25, -0.2) is 14.3 Å². The van der Waals surface area contributed by atoms with E-state index >= 15 is 0 Å². The van der Waals surface area contributed by atoms with E-state index in [-0.39, 0.29) is 23.9 Å². The van der Waals surface area contributed by atoms with E-state index in [1.807, 2.05) is 20.8 Å². The summed E-state index contributed by atoms with van der Waals surface area (Å²) in [7, 11) is 0. The van der Waals surface area contributed by atoms with Crippen molar-refractivity contribution in [3.63, 3.8) is 0 Å². The molecule has 22 heavy (non-hydrogen) atoms. The SMILES string of the molecule is CC(C)(C)OC(=O)N1CCC(n2cc(C(=O)OCCl)nn2)C1. The second-order valence-electron chi connectivity index (χ2n) is 5.99. The van der Waals surface area contributed by atoms with E-state index in [1.54, 1.807) is 9.58 Å². The lowest BCUT2D eigenvalue weighted by Gasteiger charge is -2.24. The first-order valence-corrected chi connectivity index (χ1v) is 7.46. The number of esters is 1. The van der Waals surface area contributed by atoms with Crippen LogP contribution >= 0.6 is 11.6 Å². The van der Waals surface area contributed by atoms with Gasteiger partial charge < -0.3 is 14.4 Å². The molecule has 1 amide bonds. The van der Waals surface area contributed by atoms with Crippen LogP contribution in [0.5, 0.6) is 0 Å². The average molecular weight is 331 g/mol. The zero-order chi connectivity index (χ0) is 16.3. The number of likely N-dealkylation sites (tertiary alicyclic amines) is 1. The lowest BCUT2D eigenvalue weighted by Crippen LogP contribution is -2.35. The van der Waals surface area contributed by atoms with Gasteiger partial charge in [0.1, 0.15) is 5.60 Å². The van der Waals surface area contributed by atoms with E-state index < -0.39 is 11.6 Å². The molecule has 8 nitrogen and oxygen atoms in total. The third-order valence-corrected chi connectivity index (χ3v) is 3.20. The quantitative estimate of drug-likeness (QED) is 0.620. The van der Waals surface area contributed by atoms with Gasteiger partial charge in [-0.1, -0.05) is 16.8 Å². The molecule has 0 saturated carbocycles. The van der Waals surface area contributed by atoms with Crippen LogP contribution in [-0.2, 0) is 9.47 Å². The Morgan fingerprint density at radius 2 is 2.18 bits per heavy atom. The Hall–Kier alpha value is -1.83. The van der Waals surface area contributed by atoms with Gasteiger partial charge in [0.15, 0.2) is 11.8 Å². The van der Waals surface area contributed by atoms with Crippen molar-refractivity contribution >= 4 is 23.7 Å². The summed E-state index contributed by atoms with van der Waals surface area (Å²) >= 11 is 5.33. The number of halogens is 1. The van der Waals surface area contributed by atoms with Crippen LogP contribution in [0.2, 0.25) is 0 Å². The molecule has 1 aromatic rings. The number of nitrogens with zero attached hydrogens (tertiary/aromatic N) is 4. The molecule has 0 N–H and O–H groups in total. The summed E-state index contributed by atoms with van der Waals surface area (Å²) in [6.07, 6.45) is 1.86. The topological polar surface area (TPSA) is 86.5 Å². The van der Waals surface area contributed by atoms with Gasteiger partial charge in [-0.3, -0.25) is 0 Å². The molecular formula is C13H19ClN4O4. The lowest BCUT2D eigenvalue weighted by molar-refractivity contribution is 0.0288. The summed E-state index contributed by atoms with van der Waals surface area (Å²) in [4.78, 5) is 25.1. The maximum atomic E-state index is 12.0. The first-order valence-electron chi connectivity index (χ1n) is 6.93. The molecule has 2 heterocycles. The van der Waals surface area contributed by atoms with Crippen molar-refractivity contribution in [2.75, 3.05) is 19.2 Å². The van der Waals surface area contributed by atoms with Gasteiger partial charge >= 0.3 is 12.1 Å². The number of hydrogen-bond donors (Lipinski definition) is 0. The molecule has 1 aliphatic rings. The number of amides is 1. The predicted octanol–water partition coefficient (Wildman–Crippen LogP) is 1.81. The number of carbonyl (C=O) groups excluding carboxylic acids is 2. The molecule has 2 rings (SSSR count). The van der Waals surface area contributed by atoms with Gasteiger partial charge in [0.2, 0.25) is 0 Å². The van der Waals surface area contributed by atoms with Crippen molar-refractivity contribution in [3.8, 4) is 0 Å². The number of ether oxygens (including phenoxy) is 2. The Kier molecular flexibility index (Phi) is 4.90. The van der Waals surface area contributed by atoms with Crippen molar-refractivity contribution < 1.29 is 19.1 Å². The highest BCUT2D eigenvalue weighted by atomic mass is 35.5. The number of aromatic nitrogens is 3. The molecule has 0 spiro atoms. The summed E-state index contributed by atoms with van der Waals surface area (Å²) in [6.45, 7) is 6.50. The molecule has 0 aliphatic carbocycles. The second kappa shape index (κ2) is 6.51. The van der Waals surface area contributed by atoms with Gasteiger partial charge in [-0.15, -0.1) is 5.10 Å². The third-order valence-electron chi connectivity index (χ3n) is 3.09. The van der Waals surface area contributed by atoms with Crippen molar-refractivity contribution in [2.45, 2.75) is 38.8 Å².